The zero-order valence-corrected chi connectivity index (χ0v) is 13.2. The van der Waals surface area contributed by atoms with Gasteiger partial charge in [-0.05, 0) is 40.4 Å². The zero-order chi connectivity index (χ0) is 15.2. The second kappa shape index (κ2) is 5.28. The summed E-state index contributed by atoms with van der Waals surface area (Å²) in [5.41, 5.74) is -0.681. The normalized spacial score (nSPS) is 29.5. The van der Waals surface area contributed by atoms with Crippen molar-refractivity contribution in [2.45, 2.75) is 32.2 Å². The molecular formula is C14H16BrF2N3O. The van der Waals surface area contributed by atoms with Crippen molar-refractivity contribution in [2.24, 2.45) is 5.41 Å². The van der Waals surface area contributed by atoms with Gasteiger partial charge in [-0.25, -0.2) is 13.8 Å². The van der Waals surface area contributed by atoms with E-state index in [0.717, 1.165) is 16.5 Å². The molecule has 0 unspecified atom stereocenters. The fraction of sp³-hybridized carbons (Fsp3) is 0.571. The maximum absolute atomic E-state index is 13.5. The Morgan fingerprint density at radius 2 is 2.29 bits per heavy atom. The smallest absolute Gasteiger partial charge is 0.254 e. The van der Waals surface area contributed by atoms with Crippen LogP contribution in [-0.4, -0.2) is 40.4 Å². The van der Waals surface area contributed by atoms with E-state index in [2.05, 4.69) is 20.9 Å². The summed E-state index contributed by atoms with van der Waals surface area (Å²) in [6, 6.07) is 1.69. The molecule has 3 rings (SSSR count). The molecule has 0 bridgehead atoms. The van der Waals surface area contributed by atoms with Gasteiger partial charge < -0.3 is 0 Å². The number of fused-ring (bicyclic) bond motifs is 1. The van der Waals surface area contributed by atoms with Gasteiger partial charge in [0.05, 0.1) is 6.04 Å². The lowest BCUT2D eigenvalue weighted by atomic mass is 9.84. The van der Waals surface area contributed by atoms with Gasteiger partial charge in [0.2, 0.25) is 0 Å². The molecule has 0 saturated carbocycles. The Labute approximate surface area is 130 Å². The van der Waals surface area contributed by atoms with Gasteiger partial charge in [0.15, 0.2) is 0 Å². The van der Waals surface area contributed by atoms with E-state index in [4.69, 9.17) is 0 Å². The number of rotatable bonds is 3. The molecule has 1 aromatic heterocycles. The van der Waals surface area contributed by atoms with E-state index in [1.54, 1.807) is 24.3 Å². The van der Waals surface area contributed by atoms with E-state index in [-0.39, 0.29) is 19.0 Å². The van der Waals surface area contributed by atoms with E-state index in [1.807, 2.05) is 6.07 Å². The molecule has 0 aliphatic carbocycles. The first-order valence-electron chi connectivity index (χ1n) is 6.96. The lowest BCUT2D eigenvalue weighted by Crippen LogP contribution is -2.41. The van der Waals surface area contributed by atoms with Crippen molar-refractivity contribution >= 4 is 21.8 Å². The summed E-state index contributed by atoms with van der Waals surface area (Å²) in [4.78, 5) is 16.7. The molecule has 2 fully saturated rings. The summed E-state index contributed by atoms with van der Waals surface area (Å²) in [5, 5.41) is 3.29. The molecule has 0 aromatic carbocycles. The number of pyridine rings is 1. The monoisotopic (exact) mass is 359 g/mol. The molecule has 2 aliphatic rings. The molecule has 21 heavy (non-hydrogen) atoms. The molecule has 0 spiro atoms. The van der Waals surface area contributed by atoms with Crippen molar-refractivity contribution in [3.05, 3.63) is 28.5 Å². The van der Waals surface area contributed by atoms with Gasteiger partial charge in [-0.1, -0.05) is 6.92 Å². The molecule has 4 nitrogen and oxygen atoms in total. The van der Waals surface area contributed by atoms with Gasteiger partial charge in [0, 0.05) is 30.0 Å². The Morgan fingerprint density at radius 3 is 2.90 bits per heavy atom. The van der Waals surface area contributed by atoms with Gasteiger partial charge in [0.25, 0.3) is 12.3 Å². The van der Waals surface area contributed by atoms with Crippen LogP contribution < -0.4 is 0 Å². The number of hydrazine groups is 1. The fourth-order valence-corrected chi connectivity index (χ4v) is 3.63. The molecule has 2 saturated heterocycles. The number of carbonyl (C=O) groups excluding carboxylic acids is 1. The van der Waals surface area contributed by atoms with Crippen LogP contribution in [0.15, 0.2) is 22.9 Å². The first-order valence-corrected chi connectivity index (χ1v) is 7.76. The Balaban J connectivity index is 1.94. The summed E-state index contributed by atoms with van der Waals surface area (Å²) >= 11 is 3.36. The Hall–Kier alpha value is -1.08. The van der Waals surface area contributed by atoms with Gasteiger partial charge in [-0.2, -0.15) is 0 Å². The highest BCUT2D eigenvalue weighted by molar-refractivity contribution is 9.10. The maximum atomic E-state index is 13.5. The largest absolute Gasteiger partial charge is 0.272 e. The molecule has 2 atom stereocenters. The minimum absolute atomic E-state index is 0.109. The zero-order valence-electron chi connectivity index (χ0n) is 11.6. The number of aromatic nitrogens is 1. The van der Waals surface area contributed by atoms with Crippen molar-refractivity contribution in [1.82, 2.24) is 15.0 Å². The van der Waals surface area contributed by atoms with Crippen LogP contribution in [-0.2, 0) is 4.79 Å². The average molecular weight is 360 g/mol. The molecule has 7 heteroatoms. The molecule has 1 aromatic rings. The van der Waals surface area contributed by atoms with Gasteiger partial charge in [-0.3, -0.25) is 14.8 Å². The molecule has 0 radical (unpaired) electrons. The first kappa shape index (κ1) is 14.8. The topological polar surface area (TPSA) is 36.4 Å². The highest BCUT2D eigenvalue weighted by Gasteiger charge is 2.59. The predicted molar refractivity (Wildman–Crippen MR) is 76.4 cm³/mol. The van der Waals surface area contributed by atoms with Crippen molar-refractivity contribution in [2.75, 3.05) is 13.1 Å². The number of hydrogen-bond donors (Lipinski definition) is 0. The Morgan fingerprint density at radius 1 is 1.52 bits per heavy atom. The van der Waals surface area contributed by atoms with Crippen LogP contribution in [0.5, 0.6) is 0 Å². The van der Waals surface area contributed by atoms with E-state index in [0.29, 0.717) is 6.54 Å². The van der Waals surface area contributed by atoms with Crippen LogP contribution in [0.25, 0.3) is 0 Å². The first-order chi connectivity index (χ1) is 9.99. The summed E-state index contributed by atoms with van der Waals surface area (Å²) in [5.74, 6) is -0.456. The molecule has 0 N–H and O–H groups in total. The van der Waals surface area contributed by atoms with Crippen LogP contribution in [0.3, 0.4) is 0 Å². The number of carbonyl (C=O) groups is 1. The standard InChI is InChI=1S/C14H16BrF2N3O/c1-2-14(12(16)17)8-19-4-3-11(20(19)13(14)21)9-5-10(15)7-18-6-9/h5-7,11-12H,2-4,8H2,1H3/t11-,14-/m1/s1. The highest BCUT2D eigenvalue weighted by Crippen LogP contribution is 2.46. The Kier molecular flexibility index (Phi) is 3.73. The molecule has 3 heterocycles. The van der Waals surface area contributed by atoms with Crippen molar-refractivity contribution in [1.29, 1.82) is 0 Å². The third kappa shape index (κ3) is 2.17. The third-order valence-corrected chi connectivity index (χ3v) is 4.95. The SMILES string of the molecule is CC[C@]1(C(F)F)CN2CC[C@H](c3cncc(Br)c3)N2C1=O. The van der Waals surface area contributed by atoms with Crippen molar-refractivity contribution in [3.63, 3.8) is 0 Å². The number of nitrogens with zero attached hydrogens (tertiary/aromatic N) is 3. The molecule has 1 amide bonds. The third-order valence-electron chi connectivity index (χ3n) is 4.52. The molecule has 2 aliphatic heterocycles. The van der Waals surface area contributed by atoms with E-state index < -0.39 is 17.7 Å². The van der Waals surface area contributed by atoms with E-state index in [9.17, 15) is 13.6 Å². The summed E-state index contributed by atoms with van der Waals surface area (Å²) in [6.07, 6.45) is 1.62. The van der Waals surface area contributed by atoms with Crippen LogP contribution in [0.4, 0.5) is 8.78 Å². The average Bonchev–Trinajstić information content (AvgIpc) is 2.98. The van der Waals surface area contributed by atoms with Crippen molar-refractivity contribution < 1.29 is 13.6 Å². The number of halogens is 3. The minimum Gasteiger partial charge on any atom is -0.272 e. The fourth-order valence-electron chi connectivity index (χ4n) is 3.24. The number of hydrogen-bond acceptors (Lipinski definition) is 3. The summed E-state index contributed by atoms with van der Waals surface area (Å²) in [6.45, 7) is 2.39. The maximum Gasteiger partial charge on any atom is 0.254 e. The lowest BCUT2D eigenvalue weighted by Gasteiger charge is -2.27. The van der Waals surface area contributed by atoms with Crippen LogP contribution in [0.2, 0.25) is 0 Å². The quantitative estimate of drug-likeness (QED) is 0.832. The second-order valence-corrected chi connectivity index (χ2v) is 6.50. The minimum atomic E-state index is -2.64. The number of alkyl halides is 2. The van der Waals surface area contributed by atoms with Gasteiger partial charge >= 0.3 is 0 Å². The van der Waals surface area contributed by atoms with E-state index >= 15 is 0 Å². The van der Waals surface area contributed by atoms with Gasteiger partial charge in [0.1, 0.15) is 5.41 Å². The highest BCUT2D eigenvalue weighted by atomic mass is 79.9. The van der Waals surface area contributed by atoms with Crippen LogP contribution in [0.1, 0.15) is 31.4 Å². The van der Waals surface area contributed by atoms with Crippen LogP contribution >= 0.6 is 15.9 Å². The summed E-state index contributed by atoms with van der Waals surface area (Å²) < 4.78 is 27.7. The van der Waals surface area contributed by atoms with Gasteiger partial charge in [-0.15, -0.1) is 0 Å². The predicted octanol–water partition coefficient (Wildman–Crippen LogP) is 3.01. The van der Waals surface area contributed by atoms with Crippen LogP contribution in [0, 0.1) is 5.41 Å². The lowest BCUT2D eigenvalue weighted by molar-refractivity contribution is -0.148. The Bertz CT molecular complexity index is 571. The molecule has 114 valence electrons. The molecular weight excluding hydrogens is 344 g/mol. The van der Waals surface area contributed by atoms with E-state index in [1.165, 1.54) is 5.01 Å². The van der Waals surface area contributed by atoms with Crippen molar-refractivity contribution in [3.8, 4) is 0 Å². The summed E-state index contributed by atoms with van der Waals surface area (Å²) in [7, 11) is 0. The second-order valence-electron chi connectivity index (χ2n) is 5.59. The number of amides is 1.